The first-order valence-electron chi connectivity index (χ1n) is 11.0. The maximum absolute atomic E-state index is 13.2. The zero-order chi connectivity index (χ0) is 22.0. The Kier molecular flexibility index (Phi) is 6.16. The summed E-state index contributed by atoms with van der Waals surface area (Å²) in [7, 11) is 0. The number of rotatable bonds is 4. The van der Waals surface area contributed by atoms with Gasteiger partial charge in [0.15, 0.2) is 12.7 Å². The van der Waals surface area contributed by atoms with Crippen LogP contribution in [0.25, 0.3) is 0 Å². The number of anilines is 1. The number of likely N-dealkylation sites (tertiary alicyclic amines) is 1. The summed E-state index contributed by atoms with van der Waals surface area (Å²) in [6.45, 7) is 7.62. The van der Waals surface area contributed by atoms with Crippen molar-refractivity contribution in [1.82, 2.24) is 4.90 Å². The van der Waals surface area contributed by atoms with Gasteiger partial charge in [-0.25, -0.2) is 0 Å². The van der Waals surface area contributed by atoms with Crippen molar-refractivity contribution >= 4 is 17.5 Å². The lowest BCUT2D eigenvalue weighted by atomic mass is 10.1. The van der Waals surface area contributed by atoms with Crippen LogP contribution in [0, 0.1) is 20.8 Å². The zero-order valence-corrected chi connectivity index (χ0v) is 18.5. The number of amides is 2. The van der Waals surface area contributed by atoms with Gasteiger partial charge in [0, 0.05) is 13.1 Å². The van der Waals surface area contributed by atoms with Crippen LogP contribution >= 0.6 is 0 Å². The maximum atomic E-state index is 13.2. The standard InChI is InChI=1S/C25H30N2O4/c1-17-13-18(2)24(19(3)14-17)30-16-23(28)27-15-22(25(29)26-11-7-4-8-12-26)31-21-10-6-5-9-20(21)27/h5-6,9-10,13-14,22H,4,7-8,11-12,15-16H2,1-3H3/t22-/m1/s1. The van der Waals surface area contributed by atoms with Crippen LogP contribution in [0.2, 0.25) is 0 Å². The molecule has 2 heterocycles. The molecule has 2 aliphatic rings. The molecule has 1 fully saturated rings. The molecular formula is C25H30N2O4. The van der Waals surface area contributed by atoms with Crippen LogP contribution in [0.15, 0.2) is 36.4 Å². The van der Waals surface area contributed by atoms with Gasteiger partial charge >= 0.3 is 0 Å². The van der Waals surface area contributed by atoms with Crippen molar-refractivity contribution in [1.29, 1.82) is 0 Å². The number of piperidine rings is 1. The molecule has 2 aromatic rings. The van der Waals surface area contributed by atoms with Crippen molar-refractivity contribution in [3.05, 3.63) is 53.1 Å². The van der Waals surface area contributed by atoms with Crippen molar-refractivity contribution in [2.45, 2.75) is 46.1 Å². The van der Waals surface area contributed by atoms with Crippen molar-refractivity contribution in [3.63, 3.8) is 0 Å². The van der Waals surface area contributed by atoms with Crippen LogP contribution in [0.5, 0.6) is 11.5 Å². The molecule has 0 spiro atoms. The van der Waals surface area contributed by atoms with Crippen LogP contribution in [0.4, 0.5) is 5.69 Å². The average molecular weight is 423 g/mol. The fourth-order valence-corrected chi connectivity index (χ4v) is 4.52. The van der Waals surface area contributed by atoms with E-state index in [2.05, 4.69) is 0 Å². The van der Waals surface area contributed by atoms with Gasteiger partial charge in [0.1, 0.15) is 11.5 Å². The minimum atomic E-state index is -0.695. The first-order valence-corrected chi connectivity index (χ1v) is 11.0. The second-order valence-electron chi connectivity index (χ2n) is 8.48. The molecule has 1 atom stereocenters. The number of hydrogen-bond donors (Lipinski definition) is 0. The average Bonchev–Trinajstić information content (AvgIpc) is 2.77. The molecule has 0 unspecified atom stereocenters. The summed E-state index contributed by atoms with van der Waals surface area (Å²) in [5.41, 5.74) is 3.85. The molecule has 6 heteroatoms. The summed E-state index contributed by atoms with van der Waals surface area (Å²) < 4.78 is 12.0. The monoisotopic (exact) mass is 422 g/mol. The van der Waals surface area contributed by atoms with Crippen molar-refractivity contribution in [3.8, 4) is 11.5 Å². The molecule has 2 aliphatic heterocycles. The lowest BCUT2D eigenvalue weighted by Gasteiger charge is -2.37. The summed E-state index contributed by atoms with van der Waals surface area (Å²) in [5, 5.41) is 0. The van der Waals surface area contributed by atoms with E-state index in [1.807, 2.05) is 56.0 Å². The Balaban J connectivity index is 1.52. The van der Waals surface area contributed by atoms with Gasteiger partial charge in [-0.05, 0) is 63.3 Å². The molecule has 4 rings (SSSR count). The molecule has 0 N–H and O–H groups in total. The van der Waals surface area contributed by atoms with E-state index in [1.165, 1.54) is 0 Å². The molecule has 1 saturated heterocycles. The predicted molar refractivity (Wildman–Crippen MR) is 120 cm³/mol. The van der Waals surface area contributed by atoms with Crippen molar-refractivity contribution in [2.24, 2.45) is 0 Å². The fourth-order valence-electron chi connectivity index (χ4n) is 4.52. The molecule has 6 nitrogen and oxygen atoms in total. The van der Waals surface area contributed by atoms with Crippen molar-refractivity contribution in [2.75, 3.05) is 31.1 Å². The molecular weight excluding hydrogens is 392 g/mol. The Morgan fingerprint density at radius 3 is 2.42 bits per heavy atom. The second kappa shape index (κ2) is 9.00. The number of para-hydroxylation sites is 2. The first kappa shape index (κ1) is 21.2. The number of ether oxygens (including phenoxy) is 2. The lowest BCUT2D eigenvalue weighted by molar-refractivity contribution is -0.139. The number of carbonyl (C=O) groups is 2. The van der Waals surface area contributed by atoms with Gasteiger partial charge in [-0.15, -0.1) is 0 Å². The lowest BCUT2D eigenvalue weighted by Crippen LogP contribution is -2.53. The fraction of sp³-hybridized carbons (Fsp3) is 0.440. The Morgan fingerprint density at radius 2 is 1.71 bits per heavy atom. The molecule has 0 bridgehead atoms. The number of hydrogen-bond acceptors (Lipinski definition) is 4. The number of benzene rings is 2. The van der Waals surface area contributed by atoms with E-state index in [0.29, 0.717) is 11.4 Å². The normalized spacial score (nSPS) is 18.2. The van der Waals surface area contributed by atoms with Gasteiger partial charge in [-0.2, -0.15) is 0 Å². The third-order valence-electron chi connectivity index (χ3n) is 5.96. The van der Waals surface area contributed by atoms with Gasteiger partial charge in [-0.1, -0.05) is 29.8 Å². The number of fused-ring (bicyclic) bond motifs is 1. The van der Waals surface area contributed by atoms with Gasteiger partial charge < -0.3 is 19.3 Å². The smallest absolute Gasteiger partial charge is 0.265 e. The van der Waals surface area contributed by atoms with Crippen LogP contribution < -0.4 is 14.4 Å². The first-order chi connectivity index (χ1) is 14.9. The Morgan fingerprint density at radius 1 is 1.03 bits per heavy atom. The minimum Gasteiger partial charge on any atom is -0.483 e. The Labute approximate surface area is 183 Å². The summed E-state index contributed by atoms with van der Waals surface area (Å²) in [6.07, 6.45) is 2.49. The summed E-state index contributed by atoms with van der Waals surface area (Å²) in [6, 6.07) is 11.5. The van der Waals surface area contributed by atoms with Gasteiger partial charge in [-0.3, -0.25) is 9.59 Å². The highest BCUT2D eigenvalue weighted by Crippen LogP contribution is 2.34. The van der Waals surface area contributed by atoms with Crippen LogP contribution in [0.1, 0.15) is 36.0 Å². The largest absolute Gasteiger partial charge is 0.483 e. The second-order valence-corrected chi connectivity index (χ2v) is 8.48. The van der Waals surface area contributed by atoms with Gasteiger partial charge in [0.25, 0.3) is 11.8 Å². The van der Waals surface area contributed by atoms with Crippen LogP contribution in [-0.4, -0.2) is 49.1 Å². The highest BCUT2D eigenvalue weighted by molar-refractivity contribution is 5.98. The van der Waals surface area contributed by atoms with E-state index in [1.54, 1.807) is 11.0 Å². The molecule has 164 valence electrons. The molecule has 31 heavy (non-hydrogen) atoms. The molecule has 0 aliphatic carbocycles. The van der Waals surface area contributed by atoms with Gasteiger partial charge in [0.2, 0.25) is 0 Å². The quantitative estimate of drug-likeness (QED) is 0.752. The third kappa shape index (κ3) is 4.53. The van der Waals surface area contributed by atoms with Crippen LogP contribution in [-0.2, 0) is 9.59 Å². The van der Waals surface area contributed by atoms with Crippen molar-refractivity contribution < 1.29 is 19.1 Å². The predicted octanol–water partition coefficient (Wildman–Crippen LogP) is 3.80. The van der Waals surface area contributed by atoms with E-state index in [4.69, 9.17) is 9.47 Å². The Hall–Kier alpha value is -3.02. The topological polar surface area (TPSA) is 59.1 Å². The van der Waals surface area contributed by atoms with E-state index in [9.17, 15) is 9.59 Å². The number of carbonyl (C=O) groups excluding carboxylic acids is 2. The maximum Gasteiger partial charge on any atom is 0.265 e. The highest BCUT2D eigenvalue weighted by atomic mass is 16.5. The number of aryl methyl sites for hydroxylation is 3. The Bertz CT molecular complexity index is 958. The summed E-state index contributed by atoms with van der Waals surface area (Å²) >= 11 is 0. The van der Waals surface area contributed by atoms with Gasteiger partial charge in [0.05, 0.1) is 12.2 Å². The minimum absolute atomic E-state index is 0.0434. The van der Waals surface area contributed by atoms with E-state index < -0.39 is 6.10 Å². The molecule has 0 saturated carbocycles. The molecule has 0 radical (unpaired) electrons. The summed E-state index contributed by atoms with van der Waals surface area (Å²) in [5.74, 6) is 1.06. The van der Waals surface area contributed by atoms with E-state index in [0.717, 1.165) is 54.8 Å². The molecule has 2 amide bonds. The molecule has 2 aromatic carbocycles. The van der Waals surface area contributed by atoms with E-state index in [-0.39, 0.29) is 25.0 Å². The third-order valence-corrected chi connectivity index (χ3v) is 5.96. The SMILES string of the molecule is Cc1cc(C)c(OCC(=O)N2C[C@H](C(=O)N3CCCCC3)Oc3ccccc32)c(C)c1. The molecule has 0 aromatic heterocycles. The van der Waals surface area contributed by atoms with Crippen LogP contribution in [0.3, 0.4) is 0 Å². The summed E-state index contributed by atoms with van der Waals surface area (Å²) in [4.78, 5) is 29.7. The van der Waals surface area contributed by atoms with E-state index >= 15 is 0 Å². The zero-order valence-electron chi connectivity index (χ0n) is 18.5. The number of nitrogens with zero attached hydrogens (tertiary/aromatic N) is 2. The highest BCUT2D eigenvalue weighted by Gasteiger charge is 2.36.